The van der Waals surface area contributed by atoms with Crippen LogP contribution in [-0.2, 0) is 0 Å². The van der Waals surface area contributed by atoms with E-state index in [0.29, 0.717) is 12.0 Å². The van der Waals surface area contributed by atoms with E-state index in [1.165, 1.54) is 30.8 Å². The second-order valence-electron chi connectivity index (χ2n) is 6.44. The van der Waals surface area contributed by atoms with Crippen LogP contribution in [0.25, 0.3) is 0 Å². The molecule has 1 aliphatic rings. The molecule has 1 unspecified atom stereocenters. The van der Waals surface area contributed by atoms with Crippen molar-refractivity contribution in [1.29, 1.82) is 0 Å². The first-order valence-corrected chi connectivity index (χ1v) is 7.64. The first-order chi connectivity index (χ1) is 9.08. The van der Waals surface area contributed by atoms with Crippen LogP contribution in [0.5, 0.6) is 0 Å². The Labute approximate surface area is 118 Å². The molecule has 0 aliphatic carbocycles. The highest BCUT2D eigenvalue weighted by molar-refractivity contribution is 5.54. The third kappa shape index (κ3) is 3.73. The SMILES string of the molecule is CC(C)CN(CC1CCNc2ccccc21)C(C)C. The number of nitrogens with one attached hydrogen (secondary N) is 1. The van der Waals surface area contributed by atoms with Crippen LogP contribution in [0.3, 0.4) is 0 Å². The van der Waals surface area contributed by atoms with E-state index in [9.17, 15) is 0 Å². The van der Waals surface area contributed by atoms with Crippen molar-refractivity contribution in [3.8, 4) is 0 Å². The molecule has 0 amide bonds. The van der Waals surface area contributed by atoms with Crippen molar-refractivity contribution in [1.82, 2.24) is 4.90 Å². The molecule has 1 aromatic carbocycles. The average molecular weight is 260 g/mol. The highest BCUT2D eigenvalue weighted by Gasteiger charge is 2.23. The summed E-state index contributed by atoms with van der Waals surface area (Å²) in [6.07, 6.45) is 1.25. The topological polar surface area (TPSA) is 15.3 Å². The largest absolute Gasteiger partial charge is 0.385 e. The maximum Gasteiger partial charge on any atom is 0.0376 e. The lowest BCUT2D eigenvalue weighted by Gasteiger charge is -2.35. The smallest absolute Gasteiger partial charge is 0.0376 e. The molecule has 0 radical (unpaired) electrons. The zero-order valence-electron chi connectivity index (χ0n) is 12.8. The molecule has 1 atom stereocenters. The van der Waals surface area contributed by atoms with Gasteiger partial charge in [-0.3, -0.25) is 0 Å². The van der Waals surface area contributed by atoms with Gasteiger partial charge < -0.3 is 10.2 Å². The fourth-order valence-corrected chi connectivity index (χ4v) is 2.99. The Morgan fingerprint density at radius 2 is 1.95 bits per heavy atom. The van der Waals surface area contributed by atoms with Gasteiger partial charge in [0.25, 0.3) is 0 Å². The van der Waals surface area contributed by atoms with Gasteiger partial charge in [-0.25, -0.2) is 0 Å². The minimum Gasteiger partial charge on any atom is -0.385 e. The standard InChI is InChI=1S/C17H28N2/c1-13(2)11-19(14(3)4)12-15-9-10-18-17-8-6-5-7-16(15)17/h5-8,13-15,18H,9-12H2,1-4H3. The highest BCUT2D eigenvalue weighted by atomic mass is 15.1. The van der Waals surface area contributed by atoms with Crippen LogP contribution in [0.15, 0.2) is 24.3 Å². The van der Waals surface area contributed by atoms with Crippen LogP contribution in [0.4, 0.5) is 5.69 Å². The lowest BCUT2D eigenvalue weighted by atomic mass is 9.90. The molecule has 2 nitrogen and oxygen atoms in total. The Morgan fingerprint density at radius 1 is 1.21 bits per heavy atom. The zero-order valence-corrected chi connectivity index (χ0v) is 12.8. The van der Waals surface area contributed by atoms with Crippen LogP contribution >= 0.6 is 0 Å². The lowest BCUT2D eigenvalue weighted by molar-refractivity contribution is 0.183. The van der Waals surface area contributed by atoms with Gasteiger partial charge in [-0.2, -0.15) is 0 Å². The molecule has 0 bridgehead atoms. The quantitative estimate of drug-likeness (QED) is 0.862. The number of fused-ring (bicyclic) bond motifs is 1. The summed E-state index contributed by atoms with van der Waals surface area (Å²) in [5.41, 5.74) is 2.84. The Kier molecular flexibility index (Phi) is 4.87. The van der Waals surface area contributed by atoms with Crippen molar-refractivity contribution in [3.63, 3.8) is 0 Å². The van der Waals surface area contributed by atoms with Crippen LogP contribution in [-0.4, -0.2) is 30.6 Å². The van der Waals surface area contributed by atoms with Gasteiger partial charge in [0.1, 0.15) is 0 Å². The normalized spacial score (nSPS) is 18.8. The average Bonchev–Trinajstić information content (AvgIpc) is 2.37. The number of rotatable bonds is 5. The molecule has 2 heteroatoms. The number of benzene rings is 1. The van der Waals surface area contributed by atoms with Crippen molar-refractivity contribution in [2.45, 2.75) is 46.1 Å². The number of hydrogen-bond donors (Lipinski definition) is 1. The Balaban J connectivity index is 2.10. The Hall–Kier alpha value is -1.02. The summed E-state index contributed by atoms with van der Waals surface area (Å²) in [5, 5.41) is 3.52. The molecular formula is C17H28N2. The molecule has 0 aromatic heterocycles. The van der Waals surface area contributed by atoms with E-state index in [4.69, 9.17) is 0 Å². The van der Waals surface area contributed by atoms with Crippen LogP contribution < -0.4 is 5.32 Å². The highest BCUT2D eigenvalue weighted by Crippen LogP contribution is 2.32. The van der Waals surface area contributed by atoms with Crippen molar-refractivity contribution in [2.24, 2.45) is 5.92 Å². The summed E-state index contributed by atoms with van der Waals surface area (Å²) >= 11 is 0. The fourth-order valence-electron chi connectivity index (χ4n) is 2.99. The van der Waals surface area contributed by atoms with Crippen molar-refractivity contribution in [3.05, 3.63) is 29.8 Å². The minimum atomic E-state index is 0.629. The molecule has 0 fully saturated rings. The molecule has 0 saturated heterocycles. The van der Waals surface area contributed by atoms with Crippen molar-refractivity contribution in [2.75, 3.05) is 25.0 Å². The predicted molar refractivity (Wildman–Crippen MR) is 83.8 cm³/mol. The number of hydrogen-bond acceptors (Lipinski definition) is 2. The van der Waals surface area contributed by atoms with Crippen LogP contribution in [0.1, 0.15) is 45.6 Å². The van der Waals surface area contributed by atoms with Gasteiger partial charge in [-0.15, -0.1) is 0 Å². The molecule has 1 heterocycles. The molecule has 0 spiro atoms. The van der Waals surface area contributed by atoms with Crippen LogP contribution in [0.2, 0.25) is 0 Å². The van der Waals surface area contributed by atoms with Gasteiger partial charge in [0.15, 0.2) is 0 Å². The van der Waals surface area contributed by atoms with Crippen molar-refractivity contribution < 1.29 is 0 Å². The number of nitrogens with zero attached hydrogens (tertiary/aromatic N) is 1. The molecule has 1 N–H and O–H groups in total. The maximum absolute atomic E-state index is 3.52. The molecule has 1 aliphatic heterocycles. The van der Waals surface area contributed by atoms with E-state index in [1.54, 1.807) is 0 Å². The van der Waals surface area contributed by atoms with Gasteiger partial charge >= 0.3 is 0 Å². The van der Waals surface area contributed by atoms with E-state index in [-0.39, 0.29) is 0 Å². The molecule has 106 valence electrons. The second kappa shape index (κ2) is 6.42. The Bertz CT molecular complexity index is 398. The number of para-hydroxylation sites is 1. The molecule has 1 aromatic rings. The van der Waals surface area contributed by atoms with E-state index >= 15 is 0 Å². The van der Waals surface area contributed by atoms with E-state index in [1.807, 2.05) is 0 Å². The monoisotopic (exact) mass is 260 g/mol. The van der Waals surface area contributed by atoms with Gasteiger partial charge in [-0.05, 0) is 37.8 Å². The molecule has 19 heavy (non-hydrogen) atoms. The third-order valence-electron chi connectivity index (χ3n) is 3.99. The van der Waals surface area contributed by atoms with Gasteiger partial charge in [0.05, 0.1) is 0 Å². The summed E-state index contributed by atoms with van der Waals surface area (Å²) < 4.78 is 0. The minimum absolute atomic E-state index is 0.629. The van der Waals surface area contributed by atoms with E-state index in [0.717, 1.165) is 12.5 Å². The first-order valence-electron chi connectivity index (χ1n) is 7.64. The lowest BCUT2D eigenvalue weighted by Crippen LogP contribution is -2.38. The predicted octanol–water partition coefficient (Wildman–Crippen LogP) is 3.95. The second-order valence-corrected chi connectivity index (χ2v) is 6.44. The van der Waals surface area contributed by atoms with Crippen molar-refractivity contribution >= 4 is 5.69 Å². The maximum atomic E-state index is 3.52. The summed E-state index contributed by atoms with van der Waals surface area (Å²) in [6.45, 7) is 12.7. The van der Waals surface area contributed by atoms with E-state index < -0.39 is 0 Å². The molecule has 0 saturated carbocycles. The molecular weight excluding hydrogens is 232 g/mol. The van der Waals surface area contributed by atoms with Gasteiger partial charge in [-0.1, -0.05) is 32.0 Å². The Morgan fingerprint density at radius 3 is 2.63 bits per heavy atom. The zero-order chi connectivity index (χ0) is 13.8. The fraction of sp³-hybridized carbons (Fsp3) is 0.647. The summed E-state index contributed by atoms with van der Waals surface area (Å²) in [5.74, 6) is 1.41. The van der Waals surface area contributed by atoms with Crippen LogP contribution in [0, 0.1) is 5.92 Å². The number of anilines is 1. The summed E-state index contributed by atoms with van der Waals surface area (Å²) in [6, 6.07) is 9.43. The first kappa shape index (κ1) is 14.4. The van der Waals surface area contributed by atoms with Gasteiger partial charge in [0, 0.05) is 37.3 Å². The summed E-state index contributed by atoms with van der Waals surface area (Å²) in [7, 11) is 0. The summed E-state index contributed by atoms with van der Waals surface area (Å²) in [4.78, 5) is 2.64. The van der Waals surface area contributed by atoms with Gasteiger partial charge in [0.2, 0.25) is 0 Å². The third-order valence-corrected chi connectivity index (χ3v) is 3.99. The van der Waals surface area contributed by atoms with E-state index in [2.05, 4.69) is 62.2 Å². The molecule has 2 rings (SSSR count).